The first-order valence-electron chi connectivity index (χ1n) is 11.2. The van der Waals surface area contributed by atoms with Gasteiger partial charge in [-0.3, -0.25) is 4.79 Å². The summed E-state index contributed by atoms with van der Waals surface area (Å²) in [5.41, 5.74) is 4.26. The molecule has 5 rings (SSSR count). The number of carbonyl (C=O) groups excluding carboxylic acids is 1. The Labute approximate surface area is 201 Å². The van der Waals surface area contributed by atoms with Crippen LogP contribution in [0.25, 0.3) is 33.3 Å². The minimum atomic E-state index is -3.25. The van der Waals surface area contributed by atoms with E-state index in [1.165, 1.54) is 16.9 Å². The number of hydrogen-bond acceptors (Lipinski definition) is 7. The molecule has 12 heteroatoms. The molecule has 2 N–H and O–H groups in total. The van der Waals surface area contributed by atoms with Crippen molar-refractivity contribution in [2.45, 2.75) is 25.8 Å². The number of carbonyl (C=O) groups is 1. The second-order valence-corrected chi connectivity index (χ2v) is 10.7. The number of aromatic amines is 1. The predicted octanol–water partition coefficient (Wildman–Crippen LogP) is 2.11. The molecule has 1 saturated heterocycles. The Hall–Kier alpha value is -3.82. The van der Waals surface area contributed by atoms with Crippen LogP contribution in [-0.2, 0) is 10.0 Å². The van der Waals surface area contributed by atoms with Gasteiger partial charge in [0.25, 0.3) is 5.91 Å². The number of nitrogens with zero attached hydrogens (tertiary/aromatic N) is 6. The van der Waals surface area contributed by atoms with Crippen molar-refractivity contribution in [2.75, 3.05) is 26.4 Å². The molecule has 180 valence electrons. The number of sulfonamides is 1. The zero-order valence-electron chi connectivity index (χ0n) is 19.5. The van der Waals surface area contributed by atoms with Gasteiger partial charge in [0.1, 0.15) is 18.1 Å². The maximum absolute atomic E-state index is 12.1. The summed E-state index contributed by atoms with van der Waals surface area (Å²) < 4.78 is 27.1. The molecule has 0 unspecified atom stereocenters. The quantitative estimate of drug-likeness (QED) is 0.443. The second-order valence-electron chi connectivity index (χ2n) is 8.68. The highest BCUT2D eigenvalue weighted by molar-refractivity contribution is 7.88. The Balaban J connectivity index is 1.65. The molecule has 3 aromatic heterocycles. The summed E-state index contributed by atoms with van der Waals surface area (Å²) in [6.07, 6.45) is 3.73. The predicted molar refractivity (Wildman–Crippen MR) is 130 cm³/mol. The fourth-order valence-corrected chi connectivity index (χ4v) is 5.64. The summed E-state index contributed by atoms with van der Waals surface area (Å²) in [5, 5.41) is 18.8. The smallest absolute Gasteiger partial charge is 0.251 e. The van der Waals surface area contributed by atoms with E-state index in [2.05, 4.69) is 26.3 Å². The standard InChI is InChI=1S/C23H24N8O3S/c1-13-16-5-4-14(23(32)25-2)10-17(16)28-20(13)21-19-18(11-24)26-12-27-22(19)31(29-21)15-6-8-30(9-7-15)35(3,33)34/h4-5,10,12,15,28H,6-9H2,1-3H3,(H,25,32). The molecule has 1 amide bonds. The lowest BCUT2D eigenvalue weighted by molar-refractivity contribution is 0.0963. The van der Waals surface area contributed by atoms with Crippen molar-refractivity contribution in [2.24, 2.45) is 0 Å². The highest BCUT2D eigenvalue weighted by Crippen LogP contribution is 2.36. The van der Waals surface area contributed by atoms with Crippen molar-refractivity contribution in [3.8, 4) is 17.5 Å². The van der Waals surface area contributed by atoms with Gasteiger partial charge in [-0.25, -0.2) is 27.4 Å². The van der Waals surface area contributed by atoms with Gasteiger partial charge in [0.05, 0.1) is 23.4 Å². The molecule has 1 fully saturated rings. The van der Waals surface area contributed by atoms with Gasteiger partial charge in [0.15, 0.2) is 11.3 Å². The molecule has 4 aromatic rings. The summed E-state index contributed by atoms with van der Waals surface area (Å²) in [6, 6.07) is 7.51. The van der Waals surface area contributed by atoms with Crippen LogP contribution in [-0.4, -0.2) is 69.8 Å². The lowest BCUT2D eigenvalue weighted by Crippen LogP contribution is -2.38. The normalized spacial score (nSPS) is 15.5. The Morgan fingerprint density at radius 1 is 1.26 bits per heavy atom. The lowest BCUT2D eigenvalue weighted by Gasteiger charge is -2.30. The summed E-state index contributed by atoms with van der Waals surface area (Å²) >= 11 is 0. The average molecular weight is 493 g/mol. The number of nitriles is 1. The van der Waals surface area contributed by atoms with E-state index in [9.17, 15) is 18.5 Å². The van der Waals surface area contributed by atoms with Crippen molar-refractivity contribution in [3.05, 3.63) is 41.3 Å². The van der Waals surface area contributed by atoms with Crippen LogP contribution < -0.4 is 5.32 Å². The molecule has 0 atom stereocenters. The monoisotopic (exact) mass is 492 g/mol. The van der Waals surface area contributed by atoms with Crippen molar-refractivity contribution in [3.63, 3.8) is 0 Å². The topological polar surface area (TPSA) is 150 Å². The van der Waals surface area contributed by atoms with Gasteiger partial charge >= 0.3 is 0 Å². The van der Waals surface area contributed by atoms with Gasteiger partial charge in [-0.2, -0.15) is 10.4 Å². The van der Waals surface area contributed by atoms with Crippen molar-refractivity contribution < 1.29 is 13.2 Å². The van der Waals surface area contributed by atoms with Gasteiger partial charge in [-0.1, -0.05) is 6.07 Å². The summed E-state index contributed by atoms with van der Waals surface area (Å²) in [7, 11) is -1.67. The van der Waals surface area contributed by atoms with E-state index in [1.54, 1.807) is 23.9 Å². The number of fused-ring (bicyclic) bond motifs is 2. The molecular weight excluding hydrogens is 468 g/mol. The largest absolute Gasteiger partial charge is 0.355 e. The summed E-state index contributed by atoms with van der Waals surface area (Å²) in [4.78, 5) is 24.1. The van der Waals surface area contributed by atoms with Crippen LogP contribution in [0.15, 0.2) is 24.5 Å². The van der Waals surface area contributed by atoms with E-state index in [-0.39, 0.29) is 17.6 Å². The van der Waals surface area contributed by atoms with E-state index in [0.717, 1.165) is 22.2 Å². The van der Waals surface area contributed by atoms with Crippen LogP contribution in [0, 0.1) is 18.3 Å². The average Bonchev–Trinajstić information content (AvgIpc) is 3.40. The Bertz CT molecular complexity index is 1620. The minimum absolute atomic E-state index is 0.0739. The Kier molecular flexibility index (Phi) is 5.53. The maximum atomic E-state index is 12.1. The van der Waals surface area contributed by atoms with Gasteiger partial charge < -0.3 is 10.3 Å². The SMILES string of the molecule is CNC(=O)c1ccc2c(C)c(-c3nn(C4CCN(S(C)(=O)=O)CC4)c4ncnc(C#N)c34)[nH]c2c1. The molecule has 35 heavy (non-hydrogen) atoms. The highest BCUT2D eigenvalue weighted by atomic mass is 32.2. The first kappa shape index (κ1) is 22.9. The fraction of sp³-hybridized carbons (Fsp3) is 0.348. The van der Waals surface area contributed by atoms with Crippen LogP contribution in [0.4, 0.5) is 0 Å². The van der Waals surface area contributed by atoms with Gasteiger partial charge in [-0.15, -0.1) is 0 Å². The number of amides is 1. The first-order valence-corrected chi connectivity index (χ1v) is 13.0. The fourth-order valence-electron chi connectivity index (χ4n) is 4.77. The van der Waals surface area contributed by atoms with E-state index in [0.29, 0.717) is 48.2 Å². The number of hydrogen-bond donors (Lipinski definition) is 2. The third kappa shape index (κ3) is 3.82. The zero-order chi connectivity index (χ0) is 24.9. The van der Waals surface area contributed by atoms with Crippen molar-refractivity contribution in [1.82, 2.24) is 34.4 Å². The molecule has 0 aliphatic carbocycles. The van der Waals surface area contributed by atoms with Crippen LogP contribution in [0.3, 0.4) is 0 Å². The minimum Gasteiger partial charge on any atom is -0.355 e. The number of nitrogens with one attached hydrogen (secondary N) is 2. The third-order valence-electron chi connectivity index (χ3n) is 6.62. The van der Waals surface area contributed by atoms with E-state index in [4.69, 9.17) is 5.10 Å². The van der Waals surface area contributed by atoms with Gasteiger partial charge in [0, 0.05) is 36.6 Å². The molecule has 0 saturated carbocycles. The van der Waals surface area contributed by atoms with Crippen molar-refractivity contribution in [1.29, 1.82) is 5.26 Å². The molecule has 0 bridgehead atoms. The molecule has 11 nitrogen and oxygen atoms in total. The highest BCUT2D eigenvalue weighted by Gasteiger charge is 2.30. The van der Waals surface area contributed by atoms with E-state index < -0.39 is 10.0 Å². The van der Waals surface area contributed by atoms with Crippen LogP contribution >= 0.6 is 0 Å². The maximum Gasteiger partial charge on any atom is 0.251 e. The molecule has 4 heterocycles. The van der Waals surface area contributed by atoms with E-state index in [1.807, 2.05) is 13.0 Å². The second kappa shape index (κ2) is 8.44. The summed E-state index contributed by atoms with van der Waals surface area (Å²) in [6.45, 7) is 2.74. The van der Waals surface area contributed by atoms with Crippen LogP contribution in [0.1, 0.15) is 40.5 Å². The van der Waals surface area contributed by atoms with Gasteiger partial charge in [-0.05, 0) is 37.5 Å². The molecular formula is C23H24N8O3S. The van der Waals surface area contributed by atoms with Crippen LogP contribution in [0.5, 0.6) is 0 Å². The number of aromatic nitrogens is 5. The number of aryl methyl sites for hydroxylation is 1. The first-order chi connectivity index (χ1) is 16.7. The third-order valence-corrected chi connectivity index (χ3v) is 7.92. The lowest BCUT2D eigenvalue weighted by atomic mass is 10.1. The molecule has 1 aromatic carbocycles. The Morgan fingerprint density at radius 3 is 2.66 bits per heavy atom. The number of H-pyrrole nitrogens is 1. The molecule has 1 aliphatic rings. The number of piperidine rings is 1. The number of rotatable bonds is 4. The molecule has 1 aliphatic heterocycles. The molecule has 0 spiro atoms. The molecule has 0 radical (unpaired) electrons. The van der Waals surface area contributed by atoms with Crippen LogP contribution in [0.2, 0.25) is 0 Å². The van der Waals surface area contributed by atoms with Crippen molar-refractivity contribution >= 4 is 37.9 Å². The van der Waals surface area contributed by atoms with Gasteiger partial charge in [0.2, 0.25) is 10.0 Å². The van der Waals surface area contributed by atoms with E-state index >= 15 is 0 Å². The summed E-state index contributed by atoms with van der Waals surface area (Å²) in [5.74, 6) is -0.184. The Morgan fingerprint density at radius 2 is 2.00 bits per heavy atom. The number of benzene rings is 1. The zero-order valence-corrected chi connectivity index (χ0v) is 20.3.